The summed E-state index contributed by atoms with van der Waals surface area (Å²) >= 11 is 0. The zero-order valence-corrected chi connectivity index (χ0v) is 6.93. The fourth-order valence-corrected chi connectivity index (χ4v) is 1.11. The standard InChI is InChI=1S/C8H15NO2/c1-2-4-7(10)11-8(9)5-3-6-8/h2-6,9H2,1H3. The van der Waals surface area contributed by atoms with Crippen molar-refractivity contribution < 1.29 is 9.53 Å². The molecule has 0 atom stereocenters. The number of hydrogen-bond donors (Lipinski definition) is 1. The average molecular weight is 157 g/mol. The van der Waals surface area contributed by atoms with Gasteiger partial charge in [-0.3, -0.25) is 10.5 Å². The molecule has 0 heterocycles. The third-order valence-electron chi connectivity index (χ3n) is 1.97. The molecule has 0 aromatic heterocycles. The molecule has 0 aromatic carbocycles. The van der Waals surface area contributed by atoms with Crippen molar-refractivity contribution >= 4 is 5.97 Å². The number of esters is 1. The quantitative estimate of drug-likeness (QED) is 0.494. The lowest BCUT2D eigenvalue weighted by atomic mass is 9.89. The molecule has 0 spiro atoms. The molecule has 0 aliphatic heterocycles. The van der Waals surface area contributed by atoms with Crippen LogP contribution in [0.15, 0.2) is 0 Å². The first-order chi connectivity index (χ1) is 5.16. The molecule has 1 rings (SSSR count). The normalized spacial score (nSPS) is 20.5. The Labute approximate surface area is 66.9 Å². The topological polar surface area (TPSA) is 52.3 Å². The van der Waals surface area contributed by atoms with Crippen molar-refractivity contribution in [2.45, 2.75) is 44.8 Å². The third kappa shape index (κ3) is 2.19. The van der Waals surface area contributed by atoms with E-state index in [-0.39, 0.29) is 5.97 Å². The first-order valence-corrected chi connectivity index (χ1v) is 4.17. The Hall–Kier alpha value is -0.570. The second-order valence-electron chi connectivity index (χ2n) is 3.14. The summed E-state index contributed by atoms with van der Waals surface area (Å²) in [5, 5.41) is 0. The smallest absolute Gasteiger partial charge is 0.307 e. The van der Waals surface area contributed by atoms with E-state index >= 15 is 0 Å². The Morgan fingerprint density at radius 1 is 1.64 bits per heavy atom. The highest BCUT2D eigenvalue weighted by atomic mass is 16.6. The van der Waals surface area contributed by atoms with Crippen LogP contribution in [0.4, 0.5) is 0 Å². The molecule has 0 radical (unpaired) electrons. The van der Waals surface area contributed by atoms with Crippen molar-refractivity contribution in [1.29, 1.82) is 0 Å². The zero-order chi connectivity index (χ0) is 8.32. The van der Waals surface area contributed by atoms with Gasteiger partial charge in [-0.1, -0.05) is 6.92 Å². The maximum Gasteiger partial charge on any atom is 0.307 e. The molecule has 1 aliphatic carbocycles. The molecule has 0 amide bonds. The molecule has 64 valence electrons. The van der Waals surface area contributed by atoms with E-state index in [2.05, 4.69) is 0 Å². The minimum absolute atomic E-state index is 0.158. The van der Waals surface area contributed by atoms with Gasteiger partial charge in [0.15, 0.2) is 5.72 Å². The van der Waals surface area contributed by atoms with Crippen LogP contribution in [0.3, 0.4) is 0 Å². The zero-order valence-electron chi connectivity index (χ0n) is 6.93. The molecule has 11 heavy (non-hydrogen) atoms. The van der Waals surface area contributed by atoms with Gasteiger partial charge in [-0.15, -0.1) is 0 Å². The van der Waals surface area contributed by atoms with E-state index in [9.17, 15) is 4.79 Å². The number of carbonyl (C=O) groups excluding carboxylic acids is 1. The van der Waals surface area contributed by atoms with Gasteiger partial charge >= 0.3 is 5.97 Å². The first kappa shape index (κ1) is 8.53. The van der Waals surface area contributed by atoms with E-state index in [0.717, 1.165) is 25.7 Å². The second-order valence-corrected chi connectivity index (χ2v) is 3.14. The van der Waals surface area contributed by atoms with E-state index in [4.69, 9.17) is 10.5 Å². The molecular formula is C8H15NO2. The van der Waals surface area contributed by atoms with Crippen molar-refractivity contribution in [1.82, 2.24) is 0 Å². The van der Waals surface area contributed by atoms with Gasteiger partial charge in [0, 0.05) is 19.3 Å². The summed E-state index contributed by atoms with van der Waals surface area (Å²) in [4.78, 5) is 10.9. The second kappa shape index (κ2) is 3.22. The summed E-state index contributed by atoms with van der Waals surface area (Å²) in [7, 11) is 0. The highest BCUT2D eigenvalue weighted by molar-refractivity contribution is 5.69. The molecule has 3 nitrogen and oxygen atoms in total. The average Bonchev–Trinajstić information content (AvgIpc) is 1.85. The lowest BCUT2D eigenvalue weighted by Crippen LogP contribution is -2.50. The number of carbonyl (C=O) groups is 1. The van der Waals surface area contributed by atoms with Crippen LogP contribution < -0.4 is 5.73 Å². The molecule has 0 saturated heterocycles. The van der Waals surface area contributed by atoms with Gasteiger partial charge in [0.1, 0.15) is 0 Å². The van der Waals surface area contributed by atoms with Gasteiger partial charge in [0.05, 0.1) is 0 Å². The van der Waals surface area contributed by atoms with Crippen LogP contribution in [0.2, 0.25) is 0 Å². The maximum absolute atomic E-state index is 10.9. The molecule has 0 bridgehead atoms. The maximum atomic E-state index is 10.9. The summed E-state index contributed by atoms with van der Waals surface area (Å²) in [5.74, 6) is -0.158. The van der Waals surface area contributed by atoms with Crippen LogP contribution in [0, 0.1) is 0 Å². The van der Waals surface area contributed by atoms with E-state index in [1.54, 1.807) is 0 Å². The van der Waals surface area contributed by atoms with Crippen LogP contribution in [0.25, 0.3) is 0 Å². The van der Waals surface area contributed by atoms with Crippen molar-refractivity contribution in [3.05, 3.63) is 0 Å². The summed E-state index contributed by atoms with van der Waals surface area (Å²) in [6.07, 6.45) is 4.04. The summed E-state index contributed by atoms with van der Waals surface area (Å²) in [5.41, 5.74) is 5.09. The first-order valence-electron chi connectivity index (χ1n) is 4.17. The molecule has 0 aromatic rings. The van der Waals surface area contributed by atoms with Gasteiger partial charge in [-0.25, -0.2) is 0 Å². The van der Waals surface area contributed by atoms with Crippen LogP contribution in [0.1, 0.15) is 39.0 Å². The Kier molecular flexibility index (Phi) is 2.49. The minimum Gasteiger partial charge on any atom is -0.444 e. The number of rotatable bonds is 3. The predicted molar refractivity (Wildman–Crippen MR) is 41.8 cm³/mol. The molecular weight excluding hydrogens is 142 g/mol. The van der Waals surface area contributed by atoms with Crippen molar-refractivity contribution in [3.8, 4) is 0 Å². The molecule has 1 aliphatic rings. The molecule has 1 saturated carbocycles. The Morgan fingerprint density at radius 3 is 2.64 bits per heavy atom. The molecule has 3 heteroatoms. The van der Waals surface area contributed by atoms with Gasteiger partial charge in [-0.05, 0) is 12.8 Å². The number of hydrogen-bond acceptors (Lipinski definition) is 3. The third-order valence-corrected chi connectivity index (χ3v) is 1.97. The fourth-order valence-electron chi connectivity index (χ4n) is 1.11. The van der Waals surface area contributed by atoms with Crippen molar-refractivity contribution in [2.75, 3.05) is 0 Å². The van der Waals surface area contributed by atoms with E-state index < -0.39 is 5.72 Å². The fraction of sp³-hybridized carbons (Fsp3) is 0.875. The van der Waals surface area contributed by atoms with E-state index in [1.807, 2.05) is 6.92 Å². The highest BCUT2D eigenvalue weighted by Crippen LogP contribution is 2.30. The van der Waals surface area contributed by atoms with Gasteiger partial charge in [-0.2, -0.15) is 0 Å². The van der Waals surface area contributed by atoms with Gasteiger partial charge in [0.2, 0.25) is 0 Å². The van der Waals surface area contributed by atoms with Crippen LogP contribution in [-0.4, -0.2) is 11.7 Å². The van der Waals surface area contributed by atoms with Crippen molar-refractivity contribution in [3.63, 3.8) is 0 Å². The van der Waals surface area contributed by atoms with Gasteiger partial charge in [0.25, 0.3) is 0 Å². The number of nitrogens with two attached hydrogens (primary N) is 1. The Balaban J connectivity index is 2.23. The summed E-state index contributed by atoms with van der Waals surface area (Å²) in [6, 6.07) is 0. The highest BCUT2D eigenvalue weighted by Gasteiger charge is 2.36. The molecule has 2 N–H and O–H groups in total. The predicted octanol–water partition coefficient (Wildman–Crippen LogP) is 1.17. The Morgan fingerprint density at radius 2 is 2.27 bits per heavy atom. The SMILES string of the molecule is CCCC(=O)OC1(N)CCC1. The van der Waals surface area contributed by atoms with E-state index in [1.165, 1.54) is 0 Å². The van der Waals surface area contributed by atoms with E-state index in [0.29, 0.717) is 6.42 Å². The Bertz CT molecular complexity index is 152. The lowest BCUT2D eigenvalue weighted by Gasteiger charge is -2.36. The number of ether oxygens (including phenoxy) is 1. The van der Waals surface area contributed by atoms with Crippen molar-refractivity contribution in [2.24, 2.45) is 5.73 Å². The summed E-state index contributed by atoms with van der Waals surface area (Å²) < 4.78 is 5.05. The largest absolute Gasteiger partial charge is 0.444 e. The minimum atomic E-state index is -0.605. The lowest BCUT2D eigenvalue weighted by molar-refractivity contribution is -0.168. The monoisotopic (exact) mass is 157 g/mol. The van der Waals surface area contributed by atoms with Crippen LogP contribution in [-0.2, 0) is 9.53 Å². The van der Waals surface area contributed by atoms with Gasteiger partial charge < -0.3 is 4.74 Å². The van der Waals surface area contributed by atoms with Crippen LogP contribution in [0.5, 0.6) is 0 Å². The van der Waals surface area contributed by atoms with Crippen LogP contribution >= 0.6 is 0 Å². The summed E-state index contributed by atoms with van der Waals surface area (Å²) in [6.45, 7) is 1.95. The molecule has 0 unspecified atom stereocenters. The molecule has 1 fully saturated rings.